The predicted molar refractivity (Wildman–Crippen MR) is 140 cm³/mol. The zero-order valence-electron chi connectivity index (χ0n) is 20.5. The van der Waals surface area contributed by atoms with Crippen LogP contribution in [0.4, 0.5) is 0 Å². The number of methoxy groups -OCH3 is 1. The summed E-state index contributed by atoms with van der Waals surface area (Å²) in [5.74, 6) is 0.859. The van der Waals surface area contributed by atoms with Gasteiger partial charge in [0, 0.05) is 24.6 Å². The number of hydrogen-bond acceptors (Lipinski definition) is 4. The highest BCUT2D eigenvalue weighted by Crippen LogP contribution is 2.41. The topological polar surface area (TPSA) is 38.8 Å². The van der Waals surface area contributed by atoms with Gasteiger partial charge in [-0.2, -0.15) is 0 Å². The smallest absolute Gasteiger partial charge is 0.338 e. The van der Waals surface area contributed by atoms with E-state index in [0.29, 0.717) is 5.56 Å². The van der Waals surface area contributed by atoms with Crippen molar-refractivity contribution < 1.29 is 14.3 Å². The molecule has 0 N–H and O–H groups in total. The highest BCUT2D eigenvalue weighted by Gasteiger charge is 2.30. The molecule has 2 unspecified atom stereocenters. The number of para-hydroxylation sites is 1. The summed E-state index contributed by atoms with van der Waals surface area (Å²) in [5.41, 5.74) is 5.27. The van der Waals surface area contributed by atoms with Crippen molar-refractivity contribution in [3.05, 3.63) is 113 Å². The molecule has 0 spiro atoms. The summed E-state index contributed by atoms with van der Waals surface area (Å²) in [4.78, 5) is 14.4. The number of nitrogens with zero attached hydrogens (tertiary/aromatic N) is 1. The van der Waals surface area contributed by atoms with Crippen LogP contribution in [0.5, 0.6) is 5.75 Å². The molecule has 4 aromatic rings. The second-order valence-corrected chi connectivity index (χ2v) is 9.47. The van der Waals surface area contributed by atoms with Gasteiger partial charge in [0.05, 0.1) is 12.7 Å². The molecule has 4 aromatic carbocycles. The largest absolute Gasteiger partial charge is 0.489 e. The van der Waals surface area contributed by atoms with Gasteiger partial charge in [0.1, 0.15) is 11.9 Å². The third-order valence-corrected chi connectivity index (χ3v) is 6.98. The Kier molecular flexibility index (Phi) is 6.56. The van der Waals surface area contributed by atoms with Crippen LogP contribution in [-0.2, 0) is 11.3 Å². The molecular formula is C31H31NO3. The maximum atomic E-state index is 12.1. The fraction of sp³-hybridized carbons (Fsp3) is 0.258. The lowest BCUT2D eigenvalue weighted by Crippen LogP contribution is -2.36. The number of fused-ring (bicyclic) bond motifs is 2. The molecule has 4 nitrogen and oxygen atoms in total. The summed E-state index contributed by atoms with van der Waals surface area (Å²) < 4.78 is 11.4. The number of ether oxygens (including phenoxy) is 2. The molecule has 0 saturated carbocycles. The Labute approximate surface area is 207 Å². The molecule has 0 saturated heterocycles. The van der Waals surface area contributed by atoms with E-state index in [1.54, 1.807) is 0 Å². The Balaban J connectivity index is 1.38. The molecular weight excluding hydrogens is 434 g/mol. The summed E-state index contributed by atoms with van der Waals surface area (Å²) in [7, 11) is 3.58. The number of rotatable bonds is 6. The zero-order valence-corrected chi connectivity index (χ0v) is 20.5. The molecule has 1 heterocycles. The SMILES string of the molecule is COC(=O)c1ccc(C2CC(CN(C)Cc3cccc4ccccc34)Oc3ccccc32)cc1C. The Morgan fingerprint density at radius 1 is 1.00 bits per heavy atom. The minimum absolute atomic E-state index is 0.0652. The van der Waals surface area contributed by atoms with E-state index in [-0.39, 0.29) is 18.0 Å². The molecule has 1 aliphatic heterocycles. The lowest BCUT2D eigenvalue weighted by Gasteiger charge is -2.35. The first-order valence-electron chi connectivity index (χ1n) is 12.1. The predicted octanol–water partition coefficient (Wildman–Crippen LogP) is 6.35. The molecule has 0 amide bonds. The number of esters is 1. The number of benzene rings is 4. The maximum Gasteiger partial charge on any atom is 0.338 e. The normalized spacial score (nSPS) is 17.1. The van der Waals surface area contributed by atoms with Crippen molar-refractivity contribution in [3.8, 4) is 5.75 Å². The second kappa shape index (κ2) is 9.93. The van der Waals surface area contributed by atoms with E-state index in [2.05, 4.69) is 84.7 Å². The second-order valence-electron chi connectivity index (χ2n) is 9.47. The summed E-state index contributed by atoms with van der Waals surface area (Å²) in [6.07, 6.45) is 0.948. The molecule has 0 aliphatic carbocycles. The molecule has 1 aliphatic rings. The van der Waals surface area contributed by atoms with Crippen LogP contribution in [0.2, 0.25) is 0 Å². The number of aryl methyl sites for hydroxylation is 1. The van der Waals surface area contributed by atoms with Gasteiger partial charge in [-0.3, -0.25) is 4.90 Å². The van der Waals surface area contributed by atoms with Crippen LogP contribution in [0.15, 0.2) is 84.9 Å². The molecule has 0 aromatic heterocycles. The van der Waals surface area contributed by atoms with Gasteiger partial charge in [-0.1, -0.05) is 72.8 Å². The fourth-order valence-electron chi connectivity index (χ4n) is 5.30. The zero-order chi connectivity index (χ0) is 24.4. The molecule has 0 radical (unpaired) electrons. The van der Waals surface area contributed by atoms with E-state index < -0.39 is 0 Å². The van der Waals surface area contributed by atoms with Crippen molar-refractivity contribution in [2.45, 2.75) is 31.9 Å². The summed E-state index contributed by atoms with van der Waals surface area (Å²) in [6.45, 7) is 3.66. The van der Waals surface area contributed by atoms with E-state index >= 15 is 0 Å². The Morgan fingerprint density at radius 2 is 1.77 bits per heavy atom. The van der Waals surface area contributed by atoms with Crippen LogP contribution in [0.25, 0.3) is 10.8 Å². The molecule has 0 bridgehead atoms. The Hall–Kier alpha value is -3.63. The van der Waals surface area contributed by atoms with Crippen molar-refractivity contribution in [1.29, 1.82) is 0 Å². The monoisotopic (exact) mass is 465 g/mol. The van der Waals surface area contributed by atoms with Gasteiger partial charge < -0.3 is 9.47 Å². The van der Waals surface area contributed by atoms with Gasteiger partial charge in [0.25, 0.3) is 0 Å². The van der Waals surface area contributed by atoms with Crippen molar-refractivity contribution in [2.24, 2.45) is 0 Å². The van der Waals surface area contributed by atoms with Gasteiger partial charge in [-0.25, -0.2) is 4.79 Å². The third kappa shape index (κ3) is 4.80. The average Bonchev–Trinajstić information content (AvgIpc) is 2.88. The Bertz CT molecular complexity index is 1360. The van der Waals surface area contributed by atoms with Crippen LogP contribution >= 0.6 is 0 Å². The van der Waals surface area contributed by atoms with Crippen LogP contribution in [0.3, 0.4) is 0 Å². The first-order valence-corrected chi connectivity index (χ1v) is 12.1. The summed E-state index contributed by atoms with van der Waals surface area (Å²) in [6, 6.07) is 29.4. The van der Waals surface area contributed by atoms with E-state index in [1.165, 1.54) is 34.6 Å². The first-order chi connectivity index (χ1) is 17.0. The number of carbonyl (C=O) groups is 1. The summed E-state index contributed by atoms with van der Waals surface area (Å²) in [5, 5.41) is 2.57. The van der Waals surface area contributed by atoms with E-state index in [0.717, 1.165) is 30.8 Å². The fourth-order valence-corrected chi connectivity index (χ4v) is 5.30. The van der Waals surface area contributed by atoms with Crippen molar-refractivity contribution in [2.75, 3.05) is 20.7 Å². The van der Waals surface area contributed by atoms with Crippen molar-refractivity contribution >= 4 is 16.7 Å². The Morgan fingerprint density at radius 3 is 2.60 bits per heavy atom. The van der Waals surface area contributed by atoms with E-state index in [4.69, 9.17) is 9.47 Å². The van der Waals surface area contributed by atoms with E-state index in [1.807, 2.05) is 19.1 Å². The highest BCUT2D eigenvalue weighted by molar-refractivity contribution is 5.91. The number of likely N-dealkylation sites (N-methyl/N-ethyl adjacent to an activating group) is 1. The molecule has 2 atom stereocenters. The van der Waals surface area contributed by atoms with Crippen LogP contribution in [-0.4, -0.2) is 37.7 Å². The van der Waals surface area contributed by atoms with Gasteiger partial charge in [-0.15, -0.1) is 0 Å². The quantitative estimate of drug-likeness (QED) is 0.311. The van der Waals surface area contributed by atoms with E-state index in [9.17, 15) is 4.79 Å². The average molecular weight is 466 g/mol. The molecule has 178 valence electrons. The first kappa shape index (κ1) is 23.1. The van der Waals surface area contributed by atoms with Crippen LogP contribution in [0.1, 0.15) is 45.0 Å². The van der Waals surface area contributed by atoms with Crippen LogP contribution < -0.4 is 4.74 Å². The summed E-state index contributed by atoms with van der Waals surface area (Å²) >= 11 is 0. The van der Waals surface area contributed by atoms with Gasteiger partial charge in [0.2, 0.25) is 0 Å². The maximum absolute atomic E-state index is 12.1. The van der Waals surface area contributed by atoms with Crippen LogP contribution in [0, 0.1) is 6.92 Å². The highest BCUT2D eigenvalue weighted by atomic mass is 16.5. The van der Waals surface area contributed by atoms with Gasteiger partial charge in [-0.05, 0) is 60.0 Å². The van der Waals surface area contributed by atoms with Gasteiger partial charge >= 0.3 is 5.97 Å². The third-order valence-electron chi connectivity index (χ3n) is 6.98. The lowest BCUT2D eigenvalue weighted by molar-refractivity contribution is 0.0600. The number of carbonyl (C=O) groups excluding carboxylic acids is 1. The molecule has 4 heteroatoms. The lowest BCUT2D eigenvalue weighted by atomic mass is 9.83. The van der Waals surface area contributed by atoms with Crippen molar-refractivity contribution in [1.82, 2.24) is 4.90 Å². The molecule has 5 rings (SSSR count). The standard InChI is InChI=1S/C31H31NO3/c1-21-17-23(15-16-26(21)31(33)34-3)29-18-25(35-30-14-7-6-13-28(29)30)20-32(2)19-24-11-8-10-22-9-4-5-12-27(22)24/h4-17,25,29H,18-20H2,1-3H3. The molecule has 35 heavy (non-hydrogen) atoms. The number of hydrogen-bond donors (Lipinski definition) is 0. The minimum Gasteiger partial charge on any atom is -0.489 e. The van der Waals surface area contributed by atoms with Crippen molar-refractivity contribution in [3.63, 3.8) is 0 Å². The minimum atomic E-state index is -0.297. The molecule has 0 fully saturated rings. The van der Waals surface area contributed by atoms with Gasteiger partial charge in [0.15, 0.2) is 0 Å².